The van der Waals surface area contributed by atoms with Crippen molar-refractivity contribution >= 4 is 5.91 Å². The molecule has 5 nitrogen and oxygen atoms in total. The number of benzene rings is 1. The van der Waals surface area contributed by atoms with E-state index in [9.17, 15) is 4.79 Å². The number of hydrogen-bond donors (Lipinski definition) is 1. The number of rotatable bonds is 9. The van der Waals surface area contributed by atoms with Gasteiger partial charge in [-0.15, -0.1) is 6.58 Å². The molecule has 0 aromatic heterocycles. The Kier molecular flexibility index (Phi) is 7.32. The second-order valence-electron chi connectivity index (χ2n) is 4.47. The summed E-state index contributed by atoms with van der Waals surface area (Å²) in [5.74, 6) is 1.03. The van der Waals surface area contributed by atoms with Crippen LogP contribution >= 0.6 is 0 Å². The molecule has 5 heteroatoms. The van der Waals surface area contributed by atoms with Crippen molar-refractivity contribution in [1.29, 1.82) is 0 Å². The second-order valence-corrected chi connectivity index (χ2v) is 4.47. The largest absolute Gasteiger partial charge is 0.493 e. The quantitative estimate of drug-likeness (QED) is 0.560. The first kappa shape index (κ1) is 17.0. The fourth-order valence-corrected chi connectivity index (χ4v) is 2.00. The summed E-state index contributed by atoms with van der Waals surface area (Å²) >= 11 is 0. The van der Waals surface area contributed by atoms with Gasteiger partial charge in [0.2, 0.25) is 0 Å². The Morgan fingerprint density at radius 2 is 2.05 bits per heavy atom. The molecule has 1 aromatic carbocycles. The van der Waals surface area contributed by atoms with Gasteiger partial charge in [-0.25, -0.2) is 0 Å². The smallest absolute Gasteiger partial charge is 0.251 e. The molecule has 21 heavy (non-hydrogen) atoms. The van der Waals surface area contributed by atoms with Crippen molar-refractivity contribution < 1.29 is 19.0 Å². The van der Waals surface area contributed by atoms with Crippen LogP contribution in [0.25, 0.3) is 0 Å². The summed E-state index contributed by atoms with van der Waals surface area (Å²) in [5, 5.41) is 2.85. The van der Waals surface area contributed by atoms with Gasteiger partial charge in [-0.3, -0.25) is 4.79 Å². The highest BCUT2D eigenvalue weighted by molar-refractivity contribution is 5.95. The van der Waals surface area contributed by atoms with E-state index >= 15 is 0 Å². The topological polar surface area (TPSA) is 56.8 Å². The number of hydrogen-bond acceptors (Lipinski definition) is 4. The zero-order chi connectivity index (χ0) is 15.7. The predicted molar refractivity (Wildman–Crippen MR) is 82.3 cm³/mol. The summed E-state index contributed by atoms with van der Waals surface area (Å²) in [7, 11) is 4.77. The third-order valence-corrected chi connectivity index (χ3v) is 2.99. The summed E-state index contributed by atoms with van der Waals surface area (Å²) in [6, 6.07) is 3.48. The summed E-state index contributed by atoms with van der Waals surface area (Å²) in [4.78, 5) is 12.2. The van der Waals surface area contributed by atoms with Gasteiger partial charge in [-0.05, 0) is 25.0 Å². The van der Waals surface area contributed by atoms with Gasteiger partial charge in [0.15, 0.2) is 11.5 Å². The van der Waals surface area contributed by atoms with E-state index in [1.165, 1.54) is 0 Å². The molecule has 0 aliphatic rings. The Bertz CT molecular complexity index is 485. The van der Waals surface area contributed by atoms with Crippen LogP contribution in [0.1, 0.15) is 22.3 Å². The average Bonchev–Trinajstić information content (AvgIpc) is 2.50. The van der Waals surface area contributed by atoms with Gasteiger partial charge in [0.05, 0.1) is 14.2 Å². The van der Waals surface area contributed by atoms with Crippen molar-refractivity contribution in [3.8, 4) is 11.5 Å². The molecule has 1 N–H and O–H groups in total. The van der Waals surface area contributed by atoms with Crippen LogP contribution in [0.2, 0.25) is 0 Å². The minimum Gasteiger partial charge on any atom is -0.493 e. The van der Waals surface area contributed by atoms with Crippen molar-refractivity contribution in [3.05, 3.63) is 35.9 Å². The summed E-state index contributed by atoms with van der Waals surface area (Å²) in [5.41, 5.74) is 1.41. The van der Waals surface area contributed by atoms with Crippen molar-refractivity contribution in [2.45, 2.75) is 12.8 Å². The summed E-state index contributed by atoms with van der Waals surface area (Å²) < 4.78 is 15.6. The lowest BCUT2D eigenvalue weighted by molar-refractivity contribution is 0.0948. The zero-order valence-corrected chi connectivity index (χ0v) is 12.9. The molecule has 1 aromatic rings. The number of amides is 1. The Balaban J connectivity index is 2.93. The minimum absolute atomic E-state index is 0.141. The molecule has 0 heterocycles. The Morgan fingerprint density at radius 3 is 2.62 bits per heavy atom. The maximum Gasteiger partial charge on any atom is 0.251 e. The van der Waals surface area contributed by atoms with Gasteiger partial charge < -0.3 is 19.5 Å². The zero-order valence-electron chi connectivity index (χ0n) is 12.9. The molecule has 0 fully saturated rings. The molecular formula is C16H23NO4. The lowest BCUT2D eigenvalue weighted by Gasteiger charge is -2.14. The van der Waals surface area contributed by atoms with E-state index < -0.39 is 0 Å². The molecule has 0 saturated heterocycles. The second kappa shape index (κ2) is 9.02. The third kappa shape index (κ3) is 4.79. The van der Waals surface area contributed by atoms with Crippen LogP contribution < -0.4 is 14.8 Å². The molecule has 1 amide bonds. The van der Waals surface area contributed by atoms with E-state index in [2.05, 4.69) is 11.9 Å². The molecule has 116 valence electrons. The molecule has 0 radical (unpaired) electrons. The molecule has 0 bridgehead atoms. The van der Waals surface area contributed by atoms with Crippen molar-refractivity contribution in [2.24, 2.45) is 0 Å². The first-order chi connectivity index (χ1) is 10.2. The van der Waals surface area contributed by atoms with Gasteiger partial charge >= 0.3 is 0 Å². The molecule has 0 atom stereocenters. The lowest BCUT2D eigenvalue weighted by atomic mass is 10.0. The standard InChI is InChI=1S/C16H23NO4/c1-5-7-12-10-13(11-14(20-3)15(12)21-4)16(18)17-8-6-9-19-2/h5,10-11H,1,6-9H2,2-4H3,(H,17,18). The van der Waals surface area contributed by atoms with Crippen LogP contribution in [-0.2, 0) is 11.2 Å². The molecule has 0 aliphatic carbocycles. The Hall–Kier alpha value is -2.01. The van der Waals surface area contributed by atoms with E-state index in [-0.39, 0.29) is 5.91 Å². The number of allylic oxidation sites excluding steroid dienone is 1. The van der Waals surface area contributed by atoms with E-state index in [0.29, 0.717) is 36.6 Å². The van der Waals surface area contributed by atoms with E-state index in [4.69, 9.17) is 14.2 Å². The molecule has 0 aliphatic heterocycles. The van der Waals surface area contributed by atoms with Crippen LogP contribution in [0, 0.1) is 0 Å². The molecule has 0 unspecified atom stereocenters. The highest BCUT2D eigenvalue weighted by Gasteiger charge is 2.15. The lowest BCUT2D eigenvalue weighted by Crippen LogP contribution is -2.25. The summed E-state index contributed by atoms with van der Waals surface area (Å²) in [6.07, 6.45) is 3.14. The molecular weight excluding hydrogens is 270 g/mol. The molecule has 1 rings (SSSR count). The Morgan fingerprint density at radius 1 is 1.29 bits per heavy atom. The predicted octanol–water partition coefficient (Wildman–Crippen LogP) is 2.20. The fourth-order valence-electron chi connectivity index (χ4n) is 2.00. The van der Waals surface area contributed by atoms with Crippen LogP contribution in [0.15, 0.2) is 24.8 Å². The summed E-state index contributed by atoms with van der Waals surface area (Å²) in [6.45, 7) is 4.91. The number of nitrogens with one attached hydrogen (secondary N) is 1. The van der Waals surface area contributed by atoms with Crippen LogP contribution in [0.4, 0.5) is 0 Å². The van der Waals surface area contributed by atoms with Crippen molar-refractivity contribution in [2.75, 3.05) is 34.5 Å². The van der Waals surface area contributed by atoms with E-state index in [0.717, 1.165) is 12.0 Å². The maximum absolute atomic E-state index is 12.2. The number of carbonyl (C=O) groups is 1. The Labute approximate surface area is 125 Å². The highest BCUT2D eigenvalue weighted by atomic mass is 16.5. The van der Waals surface area contributed by atoms with E-state index in [1.54, 1.807) is 39.5 Å². The van der Waals surface area contributed by atoms with Gasteiger partial charge in [0.25, 0.3) is 5.91 Å². The monoisotopic (exact) mass is 293 g/mol. The average molecular weight is 293 g/mol. The molecule has 0 saturated carbocycles. The number of methoxy groups -OCH3 is 3. The third-order valence-electron chi connectivity index (χ3n) is 2.99. The normalized spacial score (nSPS) is 10.0. The van der Waals surface area contributed by atoms with Gasteiger partial charge in [-0.1, -0.05) is 6.08 Å². The SMILES string of the molecule is C=CCc1cc(C(=O)NCCCOC)cc(OC)c1OC. The number of carbonyl (C=O) groups excluding carboxylic acids is 1. The van der Waals surface area contributed by atoms with Gasteiger partial charge in [-0.2, -0.15) is 0 Å². The van der Waals surface area contributed by atoms with Crippen LogP contribution in [0.3, 0.4) is 0 Å². The van der Waals surface area contributed by atoms with Gasteiger partial charge in [0.1, 0.15) is 0 Å². The maximum atomic E-state index is 12.2. The van der Waals surface area contributed by atoms with Crippen molar-refractivity contribution in [1.82, 2.24) is 5.32 Å². The first-order valence-corrected chi connectivity index (χ1v) is 6.80. The van der Waals surface area contributed by atoms with Crippen LogP contribution in [-0.4, -0.2) is 40.4 Å². The van der Waals surface area contributed by atoms with Crippen LogP contribution in [0.5, 0.6) is 11.5 Å². The molecule has 0 spiro atoms. The fraction of sp³-hybridized carbons (Fsp3) is 0.438. The number of ether oxygens (including phenoxy) is 3. The van der Waals surface area contributed by atoms with Crippen molar-refractivity contribution in [3.63, 3.8) is 0 Å². The van der Waals surface area contributed by atoms with Gasteiger partial charge in [0, 0.05) is 31.4 Å². The highest BCUT2D eigenvalue weighted by Crippen LogP contribution is 2.33. The first-order valence-electron chi connectivity index (χ1n) is 6.80. The van der Waals surface area contributed by atoms with E-state index in [1.807, 2.05) is 0 Å². The minimum atomic E-state index is -0.141.